The Kier molecular flexibility index (Phi) is 6.99. The van der Waals surface area contributed by atoms with Gasteiger partial charge in [0, 0.05) is 31.8 Å². The van der Waals surface area contributed by atoms with Crippen LogP contribution in [0.1, 0.15) is 30.5 Å². The number of hydrogen-bond donors (Lipinski definition) is 1. The van der Waals surface area contributed by atoms with Gasteiger partial charge in [-0.3, -0.25) is 9.78 Å². The Hall–Kier alpha value is -3.88. The normalized spacial score (nSPS) is 21.7. The van der Waals surface area contributed by atoms with Gasteiger partial charge in [-0.05, 0) is 29.8 Å². The lowest BCUT2D eigenvalue weighted by Crippen LogP contribution is -2.61. The molecule has 1 aliphatic heterocycles. The summed E-state index contributed by atoms with van der Waals surface area (Å²) < 4.78 is 75.9. The molecule has 2 N–H and O–H groups in total. The van der Waals surface area contributed by atoms with E-state index >= 15 is 0 Å². The smallest absolute Gasteiger partial charge is 0.315 e. The van der Waals surface area contributed by atoms with Crippen molar-refractivity contribution in [1.29, 1.82) is 0 Å². The summed E-state index contributed by atoms with van der Waals surface area (Å²) in [6, 6.07) is 4.93. The van der Waals surface area contributed by atoms with E-state index in [-0.39, 0.29) is 41.4 Å². The van der Waals surface area contributed by atoms with Crippen LogP contribution in [-0.4, -0.2) is 54.3 Å². The topological polar surface area (TPSA) is 145 Å². The largest absolute Gasteiger partial charge is 0.415 e. The first-order chi connectivity index (χ1) is 17.4. The van der Waals surface area contributed by atoms with E-state index in [1.165, 1.54) is 29.3 Å². The molecular formula is C22H20F4N6O4S. The van der Waals surface area contributed by atoms with E-state index in [1.54, 1.807) is 0 Å². The van der Waals surface area contributed by atoms with Crippen molar-refractivity contribution in [3.63, 3.8) is 0 Å². The van der Waals surface area contributed by atoms with Gasteiger partial charge in [-0.15, -0.1) is 10.2 Å². The van der Waals surface area contributed by atoms with Gasteiger partial charge in [0.15, 0.2) is 11.6 Å². The van der Waals surface area contributed by atoms with Crippen LogP contribution < -0.4 is 5.73 Å². The van der Waals surface area contributed by atoms with E-state index < -0.39 is 56.9 Å². The minimum atomic E-state index is -3.23. The summed E-state index contributed by atoms with van der Waals surface area (Å²) in [7, 11) is -3.23. The van der Waals surface area contributed by atoms with Crippen molar-refractivity contribution < 1.29 is 35.8 Å². The van der Waals surface area contributed by atoms with Gasteiger partial charge in [-0.25, -0.2) is 17.8 Å². The molecule has 1 aromatic carbocycles. The molecule has 1 saturated heterocycles. The van der Waals surface area contributed by atoms with Crippen LogP contribution in [0.2, 0.25) is 0 Å². The molecule has 0 bridgehead atoms. The fourth-order valence-corrected chi connectivity index (χ4v) is 6.68. The average Bonchev–Trinajstić information content (AvgIpc) is 3.31. The molecule has 2 aromatic heterocycles. The molecule has 0 saturated carbocycles. The van der Waals surface area contributed by atoms with Crippen molar-refractivity contribution in [1.82, 2.24) is 20.1 Å². The number of urea groups is 1. The van der Waals surface area contributed by atoms with Crippen molar-refractivity contribution in [3.05, 3.63) is 65.3 Å². The number of halogens is 4. The lowest BCUT2D eigenvalue weighted by molar-refractivity contribution is -0.115. The Bertz CT molecular complexity index is 1470. The van der Waals surface area contributed by atoms with Gasteiger partial charge in [0.2, 0.25) is 5.89 Å². The maximum absolute atomic E-state index is 14.3. The standard InChI is InChI=1S/C22H20F4N6O4S/c1-12(33)31-37(35)7-6-32(21(27)34)22(11-37,14-3-5-16(23)17(24)8-14)9-15-4-2-13(10-28-15)19-29-30-20(36-19)18(25)26/h2-5,8,10,18H,6-7,9,11H2,1H3,(H2,27,34). The number of carbonyl (C=O) groups excluding carboxylic acids is 2. The van der Waals surface area contributed by atoms with Crippen LogP contribution in [-0.2, 0) is 26.5 Å². The summed E-state index contributed by atoms with van der Waals surface area (Å²) in [6.07, 6.45) is -1.88. The molecule has 37 heavy (non-hydrogen) atoms. The molecular weight excluding hydrogens is 520 g/mol. The fraction of sp³-hybridized carbons (Fsp3) is 0.318. The third-order valence-electron chi connectivity index (χ3n) is 5.81. The number of rotatable bonds is 5. The number of pyridine rings is 1. The number of nitrogens with two attached hydrogens (primary N) is 1. The van der Waals surface area contributed by atoms with Crippen molar-refractivity contribution in [2.75, 3.05) is 18.1 Å². The van der Waals surface area contributed by atoms with E-state index in [0.29, 0.717) is 0 Å². The zero-order valence-electron chi connectivity index (χ0n) is 19.2. The first kappa shape index (κ1) is 26.2. The molecule has 3 aromatic rings. The summed E-state index contributed by atoms with van der Waals surface area (Å²) in [5.74, 6) is -4.67. The monoisotopic (exact) mass is 540 g/mol. The van der Waals surface area contributed by atoms with Crippen molar-refractivity contribution >= 4 is 21.7 Å². The van der Waals surface area contributed by atoms with Crippen LogP contribution in [0.15, 0.2) is 45.3 Å². The molecule has 4 rings (SSSR count). The molecule has 2 unspecified atom stereocenters. The van der Waals surface area contributed by atoms with E-state index in [9.17, 15) is 31.4 Å². The van der Waals surface area contributed by atoms with Crippen LogP contribution in [0.25, 0.3) is 11.5 Å². The molecule has 0 aliphatic carbocycles. The lowest BCUT2D eigenvalue weighted by atomic mass is 9.84. The molecule has 15 heteroatoms. The Morgan fingerprint density at radius 2 is 1.97 bits per heavy atom. The molecule has 10 nitrogen and oxygen atoms in total. The summed E-state index contributed by atoms with van der Waals surface area (Å²) >= 11 is 0. The number of benzene rings is 1. The predicted octanol–water partition coefficient (Wildman–Crippen LogP) is 3.19. The van der Waals surface area contributed by atoms with Gasteiger partial charge in [0.05, 0.1) is 32.3 Å². The summed E-state index contributed by atoms with van der Waals surface area (Å²) in [4.78, 5) is 29.6. The maximum Gasteiger partial charge on any atom is 0.315 e. The van der Waals surface area contributed by atoms with Gasteiger partial charge in [0.1, 0.15) is 0 Å². The third kappa shape index (κ3) is 5.30. The SMILES string of the molecule is CC(=O)N=S1(=O)CCN(C(N)=O)C(Cc2ccc(-c3nnc(C(F)F)o3)cn2)(c2ccc(F)c(F)c2)C1. The minimum Gasteiger partial charge on any atom is -0.415 e. The summed E-state index contributed by atoms with van der Waals surface area (Å²) in [6.45, 7) is 0.948. The molecule has 3 heterocycles. The molecule has 1 aliphatic rings. The predicted molar refractivity (Wildman–Crippen MR) is 122 cm³/mol. The number of hydrogen-bond acceptors (Lipinski definition) is 7. The average molecular weight is 540 g/mol. The Balaban J connectivity index is 1.81. The van der Waals surface area contributed by atoms with E-state index in [0.717, 1.165) is 19.1 Å². The van der Waals surface area contributed by atoms with Gasteiger partial charge in [-0.2, -0.15) is 13.1 Å². The second-order valence-corrected chi connectivity index (χ2v) is 10.8. The number of primary amides is 1. The van der Waals surface area contributed by atoms with Gasteiger partial charge < -0.3 is 15.1 Å². The molecule has 2 atom stereocenters. The highest BCUT2D eigenvalue weighted by Gasteiger charge is 2.48. The highest BCUT2D eigenvalue weighted by Crippen LogP contribution is 2.38. The summed E-state index contributed by atoms with van der Waals surface area (Å²) in [5.41, 5.74) is 4.59. The van der Waals surface area contributed by atoms with Crippen molar-refractivity contribution in [2.24, 2.45) is 10.1 Å². The zero-order chi connectivity index (χ0) is 27.0. The van der Waals surface area contributed by atoms with E-state index in [4.69, 9.17) is 10.2 Å². The second-order valence-electron chi connectivity index (χ2n) is 8.34. The highest BCUT2D eigenvalue weighted by molar-refractivity contribution is 7.94. The number of nitrogens with zero attached hydrogens (tertiary/aromatic N) is 5. The van der Waals surface area contributed by atoms with Crippen LogP contribution in [0.5, 0.6) is 0 Å². The Morgan fingerprint density at radius 3 is 2.54 bits per heavy atom. The molecule has 0 radical (unpaired) electrons. The first-order valence-electron chi connectivity index (χ1n) is 10.7. The van der Waals surface area contributed by atoms with Crippen molar-refractivity contribution in [2.45, 2.75) is 25.3 Å². The Labute approximate surface area is 208 Å². The first-order valence-corrected chi connectivity index (χ1v) is 12.6. The van der Waals surface area contributed by atoms with Crippen LogP contribution >= 0.6 is 0 Å². The molecule has 0 spiro atoms. The number of carbonyl (C=O) groups is 2. The Morgan fingerprint density at radius 1 is 1.22 bits per heavy atom. The highest BCUT2D eigenvalue weighted by atomic mass is 32.2. The zero-order valence-corrected chi connectivity index (χ0v) is 20.1. The van der Waals surface area contributed by atoms with Crippen LogP contribution in [0.4, 0.5) is 22.4 Å². The maximum atomic E-state index is 14.3. The van der Waals surface area contributed by atoms with Crippen LogP contribution in [0, 0.1) is 11.6 Å². The minimum absolute atomic E-state index is 0.0701. The molecule has 196 valence electrons. The fourth-order valence-electron chi connectivity index (χ4n) is 4.27. The van der Waals surface area contributed by atoms with Crippen molar-refractivity contribution in [3.8, 4) is 11.5 Å². The van der Waals surface area contributed by atoms with E-state index in [2.05, 4.69) is 19.5 Å². The molecule has 1 fully saturated rings. The van der Waals surface area contributed by atoms with Gasteiger partial charge in [-0.1, -0.05) is 6.07 Å². The van der Waals surface area contributed by atoms with Crippen LogP contribution in [0.3, 0.4) is 0 Å². The summed E-state index contributed by atoms with van der Waals surface area (Å²) in [5, 5.41) is 6.80. The van der Waals surface area contributed by atoms with Gasteiger partial charge >= 0.3 is 12.5 Å². The van der Waals surface area contributed by atoms with E-state index in [1.807, 2.05) is 0 Å². The third-order valence-corrected chi connectivity index (χ3v) is 8.14. The number of amides is 3. The quantitative estimate of drug-likeness (QED) is 0.489. The number of aromatic nitrogens is 3. The number of alkyl halides is 2. The van der Waals surface area contributed by atoms with Gasteiger partial charge in [0.25, 0.3) is 11.8 Å². The molecule has 3 amide bonds. The lowest BCUT2D eigenvalue weighted by Gasteiger charge is -2.47. The second kappa shape index (κ2) is 9.88.